The molecule has 7 heteroatoms. The molecule has 6 nitrogen and oxygen atoms in total. The van der Waals surface area contributed by atoms with Crippen molar-refractivity contribution in [2.24, 2.45) is 0 Å². The second kappa shape index (κ2) is 5.08. The second-order valence-corrected chi connectivity index (χ2v) is 5.83. The number of alkyl halides is 1. The summed E-state index contributed by atoms with van der Waals surface area (Å²) in [5.41, 5.74) is 0.605. The van der Waals surface area contributed by atoms with Crippen molar-refractivity contribution in [2.75, 3.05) is 0 Å². The lowest BCUT2D eigenvalue weighted by atomic mass is 9.95. The van der Waals surface area contributed by atoms with Crippen LogP contribution in [-0.2, 0) is 0 Å². The molecule has 2 aromatic rings. The number of aromatic amines is 1. The van der Waals surface area contributed by atoms with Crippen LogP contribution in [0.1, 0.15) is 25.3 Å². The lowest BCUT2D eigenvalue weighted by molar-refractivity contribution is -0.385. The molecule has 0 saturated carbocycles. The molecule has 0 radical (unpaired) electrons. The number of fused-ring (bicyclic) bond motifs is 1. The molecular weight excluding hydrogens is 314 g/mol. The molecule has 0 bridgehead atoms. The Hall–Kier alpha value is -1.76. The van der Waals surface area contributed by atoms with E-state index in [2.05, 4.69) is 25.9 Å². The molecule has 19 heavy (non-hydrogen) atoms. The maximum Gasteiger partial charge on any atom is 0.273 e. The van der Waals surface area contributed by atoms with Crippen molar-refractivity contribution in [1.29, 1.82) is 0 Å². The van der Waals surface area contributed by atoms with Gasteiger partial charge in [0.1, 0.15) is 0 Å². The van der Waals surface area contributed by atoms with Crippen LogP contribution in [0.5, 0.6) is 0 Å². The van der Waals surface area contributed by atoms with Gasteiger partial charge in [0.25, 0.3) is 11.2 Å². The van der Waals surface area contributed by atoms with E-state index in [1.54, 1.807) is 6.07 Å². The topological polar surface area (TPSA) is 88.9 Å². The zero-order valence-electron chi connectivity index (χ0n) is 10.4. The third-order valence-electron chi connectivity index (χ3n) is 3.17. The fourth-order valence-corrected chi connectivity index (χ4v) is 2.17. The Morgan fingerprint density at radius 3 is 2.68 bits per heavy atom. The Morgan fingerprint density at radius 1 is 1.42 bits per heavy atom. The standard InChI is InChI=1S/C12H12BrN3O3/c1-6(7(2)13)8-3-10-9(4-11(8)16(18)19)12(17)15-5-14-10/h3-7H,1-2H3,(H,14,15,17). The van der Waals surface area contributed by atoms with Crippen LogP contribution in [0.3, 0.4) is 0 Å². The number of H-pyrrole nitrogens is 1. The average Bonchev–Trinajstić information content (AvgIpc) is 2.36. The number of aromatic nitrogens is 2. The first kappa shape index (κ1) is 13.7. The molecule has 1 heterocycles. The molecule has 2 unspecified atom stereocenters. The SMILES string of the molecule is CC(Br)C(C)c1cc2nc[nH]c(=O)c2cc1[N+](=O)[O-]. The molecule has 0 amide bonds. The van der Waals surface area contributed by atoms with Gasteiger partial charge in [-0.25, -0.2) is 4.98 Å². The molecule has 1 aromatic carbocycles. The third kappa shape index (κ3) is 2.51. The predicted molar refractivity (Wildman–Crippen MR) is 75.8 cm³/mol. The van der Waals surface area contributed by atoms with Crippen LogP contribution in [-0.4, -0.2) is 19.7 Å². The van der Waals surface area contributed by atoms with Crippen LogP contribution in [0, 0.1) is 10.1 Å². The van der Waals surface area contributed by atoms with Crippen LogP contribution in [0.2, 0.25) is 0 Å². The first-order valence-corrected chi connectivity index (χ1v) is 6.63. The number of nitrogens with zero attached hydrogens (tertiary/aromatic N) is 2. The van der Waals surface area contributed by atoms with Crippen LogP contribution in [0.15, 0.2) is 23.3 Å². The van der Waals surface area contributed by atoms with Crippen LogP contribution in [0.4, 0.5) is 5.69 Å². The molecule has 0 spiro atoms. The van der Waals surface area contributed by atoms with Gasteiger partial charge in [0, 0.05) is 22.4 Å². The summed E-state index contributed by atoms with van der Waals surface area (Å²) in [4.78, 5) is 28.9. The lowest BCUT2D eigenvalue weighted by Gasteiger charge is -2.15. The summed E-state index contributed by atoms with van der Waals surface area (Å²) >= 11 is 3.43. The molecule has 0 aliphatic heterocycles. The highest BCUT2D eigenvalue weighted by molar-refractivity contribution is 9.09. The molecule has 0 fully saturated rings. The van der Waals surface area contributed by atoms with E-state index in [0.29, 0.717) is 11.1 Å². The van der Waals surface area contributed by atoms with Gasteiger partial charge in [-0.15, -0.1) is 0 Å². The summed E-state index contributed by atoms with van der Waals surface area (Å²) in [6.45, 7) is 3.81. The lowest BCUT2D eigenvalue weighted by Crippen LogP contribution is -2.11. The minimum Gasteiger partial charge on any atom is -0.313 e. The zero-order valence-corrected chi connectivity index (χ0v) is 12.0. The second-order valence-electron chi connectivity index (χ2n) is 4.38. The van der Waals surface area contributed by atoms with Crippen molar-refractivity contribution in [2.45, 2.75) is 24.6 Å². The molecular formula is C12H12BrN3O3. The van der Waals surface area contributed by atoms with E-state index < -0.39 is 4.92 Å². The van der Waals surface area contributed by atoms with E-state index in [1.165, 1.54) is 12.4 Å². The third-order valence-corrected chi connectivity index (χ3v) is 3.96. The quantitative estimate of drug-likeness (QED) is 0.533. The average molecular weight is 326 g/mol. The number of halogens is 1. The van der Waals surface area contributed by atoms with E-state index in [4.69, 9.17) is 0 Å². The molecule has 0 aliphatic carbocycles. The normalized spacial score (nSPS) is 14.3. The van der Waals surface area contributed by atoms with Crippen LogP contribution >= 0.6 is 15.9 Å². The van der Waals surface area contributed by atoms with Crippen molar-refractivity contribution in [3.8, 4) is 0 Å². The highest BCUT2D eigenvalue weighted by Crippen LogP contribution is 2.33. The minimum absolute atomic E-state index is 0.0511. The summed E-state index contributed by atoms with van der Waals surface area (Å²) in [6.07, 6.45) is 1.29. The highest BCUT2D eigenvalue weighted by atomic mass is 79.9. The van der Waals surface area contributed by atoms with Gasteiger partial charge < -0.3 is 4.98 Å². The minimum atomic E-state index is -0.465. The van der Waals surface area contributed by atoms with Gasteiger partial charge in [0.05, 0.1) is 22.2 Å². The number of hydrogen-bond acceptors (Lipinski definition) is 4. The summed E-state index contributed by atoms with van der Waals surface area (Å²) in [5, 5.41) is 11.4. The van der Waals surface area contributed by atoms with Gasteiger partial charge in [-0.1, -0.05) is 29.8 Å². The van der Waals surface area contributed by atoms with E-state index in [-0.39, 0.29) is 27.4 Å². The summed E-state index contributed by atoms with van der Waals surface area (Å²) < 4.78 is 0. The predicted octanol–water partition coefficient (Wildman–Crippen LogP) is 2.72. The zero-order chi connectivity index (χ0) is 14.2. The van der Waals surface area contributed by atoms with Crippen LogP contribution < -0.4 is 5.56 Å². The fraction of sp³-hybridized carbons (Fsp3) is 0.333. The first-order chi connectivity index (χ1) is 8.91. The van der Waals surface area contributed by atoms with E-state index in [0.717, 1.165) is 0 Å². The van der Waals surface area contributed by atoms with Gasteiger partial charge in [-0.05, 0) is 6.07 Å². The Kier molecular flexibility index (Phi) is 3.66. The fourth-order valence-electron chi connectivity index (χ4n) is 1.89. The number of hydrogen-bond donors (Lipinski definition) is 1. The van der Waals surface area contributed by atoms with E-state index in [1.807, 2.05) is 13.8 Å². The Balaban J connectivity index is 2.79. The number of nitro groups is 1. The van der Waals surface area contributed by atoms with Gasteiger partial charge in [-0.2, -0.15) is 0 Å². The van der Waals surface area contributed by atoms with Crippen LogP contribution in [0.25, 0.3) is 10.9 Å². The Bertz CT molecular complexity index is 696. The first-order valence-electron chi connectivity index (χ1n) is 5.71. The van der Waals surface area contributed by atoms with E-state index in [9.17, 15) is 14.9 Å². The Morgan fingerprint density at radius 2 is 2.11 bits per heavy atom. The number of benzene rings is 1. The van der Waals surface area contributed by atoms with Gasteiger partial charge in [-0.3, -0.25) is 14.9 Å². The molecule has 1 aromatic heterocycles. The summed E-state index contributed by atoms with van der Waals surface area (Å²) in [7, 11) is 0. The molecule has 0 aliphatic rings. The maximum absolute atomic E-state index is 11.6. The van der Waals surface area contributed by atoms with Gasteiger partial charge in [0.15, 0.2) is 0 Å². The largest absolute Gasteiger partial charge is 0.313 e. The number of nitro benzene ring substituents is 1. The summed E-state index contributed by atoms with van der Waals surface area (Å²) in [6, 6.07) is 2.91. The number of nitrogens with one attached hydrogen (secondary N) is 1. The molecule has 2 atom stereocenters. The maximum atomic E-state index is 11.6. The highest BCUT2D eigenvalue weighted by Gasteiger charge is 2.23. The van der Waals surface area contributed by atoms with Crippen molar-refractivity contribution >= 4 is 32.5 Å². The molecule has 100 valence electrons. The summed E-state index contributed by atoms with van der Waals surface area (Å²) in [5.74, 6) is -0.0640. The van der Waals surface area contributed by atoms with Crippen molar-refractivity contribution in [3.63, 3.8) is 0 Å². The molecule has 0 saturated heterocycles. The Labute approximate surface area is 117 Å². The van der Waals surface area contributed by atoms with Crippen molar-refractivity contribution < 1.29 is 4.92 Å². The number of rotatable bonds is 3. The van der Waals surface area contributed by atoms with Gasteiger partial charge in [0.2, 0.25) is 0 Å². The van der Waals surface area contributed by atoms with Crippen molar-refractivity contribution in [3.05, 3.63) is 44.5 Å². The van der Waals surface area contributed by atoms with Crippen molar-refractivity contribution in [1.82, 2.24) is 9.97 Å². The molecule has 2 rings (SSSR count). The smallest absolute Gasteiger partial charge is 0.273 e. The monoisotopic (exact) mass is 325 g/mol. The molecule has 1 N–H and O–H groups in total. The van der Waals surface area contributed by atoms with Gasteiger partial charge >= 0.3 is 0 Å². The van der Waals surface area contributed by atoms with E-state index >= 15 is 0 Å².